The van der Waals surface area contributed by atoms with Crippen molar-refractivity contribution in [1.29, 1.82) is 0 Å². The molecule has 4 rings (SSSR count). The van der Waals surface area contributed by atoms with Crippen LogP contribution in [0, 0.1) is 6.92 Å². The highest BCUT2D eigenvalue weighted by Crippen LogP contribution is 2.38. The zero-order chi connectivity index (χ0) is 25.5. The summed E-state index contributed by atoms with van der Waals surface area (Å²) < 4.78 is 24.1. The second-order valence-electron chi connectivity index (χ2n) is 8.28. The predicted octanol–water partition coefficient (Wildman–Crippen LogP) is 4.77. The van der Waals surface area contributed by atoms with Crippen molar-refractivity contribution in [3.05, 3.63) is 77.6 Å². The maximum atomic E-state index is 13.0. The molecular formula is C28H31N3O5. The van der Waals surface area contributed by atoms with E-state index in [4.69, 9.17) is 23.9 Å². The summed E-state index contributed by atoms with van der Waals surface area (Å²) in [7, 11) is 4.56. The molecule has 0 unspecified atom stereocenters. The van der Waals surface area contributed by atoms with Crippen molar-refractivity contribution in [2.24, 2.45) is 0 Å². The minimum absolute atomic E-state index is 0.267. The normalized spacial score (nSPS) is 10.8. The Kier molecular flexibility index (Phi) is 7.95. The number of hydrogen-bond donors (Lipinski definition) is 1. The van der Waals surface area contributed by atoms with Gasteiger partial charge in [-0.3, -0.25) is 4.79 Å². The predicted molar refractivity (Wildman–Crippen MR) is 138 cm³/mol. The molecule has 0 bridgehead atoms. The summed E-state index contributed by atoms with van der Waals surface area (Å²) in [4.78, 5) is 17.8. The lowest BCUT2D eigenvalue weighted by molar-refractivity contribution is 0.0948. The van der Waals surface area contributed by atoms with E-state index in [1.807, 2.05) is 48.5 Å². The fourth-order valence-electron chi connectivity index (χ4n) is 4.03. The Morgan fingerprint density at radius 3 is 2.31 bits per heavy atom. The van der Waals surface area contributed by atoms with E-state index in [1.165, 1.54) is 26.9 Å². The van der Waals surface area contributed by atoms with E-state index in [-0.39, 0.29) is 12.5 Å². The van der Waals surface area contributed by atoms with E-state index in [0.717, 1.165) is 29.0 Å². The topological polar surface area (TPSA) is 83.8 Å². The van der Waals surface area contributed by atoms with E-state index in [0.29, 0.717) is 36.0 Å². The van der Waals surface area contributed by atoms with Crippen LogP contribution in [0.25, 0.3) is 11.0 Å². The Bertz CT molecular complexity index is 1310. The second kappa shape index (κ2) is 11.5. The number of carbonyl (C=O) groups is 1. The molecule has 1 aromatic heterocycles. The largest absolute Gasteiger partial charge is 0.494 e. The van der Waals surface area contributed by atoms with Crippen LogP contribution in [0.1, 0.15) is 28.2 Å². The zero-order valence-electron chi connectivity index (χ0n) is 21.0. The van der Waals surface area contributed by atoms with E-state index in [1.54, 1.807) is 12.1 Å². The van der Waals surface area contributed by atoms with Gasteiger partial charge in [0.25, 0.3) is 5.91 Å². The summed E-state index contributed by atoms with van der Waals surface area (Å²) >= 11 is 0. The van der Waals surface area contributed by atoms with Gasteiger partial charge in [0.15, 0.2) is 11.5 Å². The quantitative estimate of drug-likeness (QED) is 0.306. The average Bonchev–Trinajstić information content (AvgIpc) is 3.27. The van der Waals surface area contributed by atoms with Crippen molar-refractivity contribution in [3.8, 4) is 23.0 Å². The number of aryl methyl sites for hydroxylation is 2. The first kappa shape index (κ1) is 24.9. The van der Waals surface area contributed by atoms with E-state index in [9.17, 15) is 4.79 Å². The summed E-state index contributed by atoms with van der Waals surface area (Å²) in [6, 6.07) is 19.2. The SMILES string of the molecule is COc1cc(C(=O)NCc2nc3ccccc3n2CCCOc2ccc(C)cc2)cc(OC)c1OC. The number of ether oxygens (including phenoxy) is 4. The van der Waals surface area contributed by atoms with Crippen molar-refractivity contribution >= 4 is 16.9 Å². The molecule has 0 saturated heterocycles. The average molecular weight is 490 g/mol. The number of para-hydroxylation sites is 2. The first-order valence-corrected chi connectivity index (χ1v) is 11.8. The third-order valence-electron chi connectivity index (χ3n) is 5.88. The number of amides is 1. The first-order valence-electron chi connectivity index (χ1n) is 11.8. The van der Waals surface area contributed by atoms with E-state index < -0.39 is 0 Å². The summed E-state index contributed by atoms with van der Waals surface area (Å²) in [5, 5.41) is 2.97. The van der Waals surface area contributed by atoms with Gasteiger partial charge in [-0.2, -0.15) is 0 Å². The Morgan fingerprint density at radius 1 is 0.944 bits per heavy atom. The monoisotopic (exact) mass is 489 g/mol. The number of fused-ring (bicyclic) bond motifs is 1. The minimum atomic E-state index is -0.268. The van der Waals surface area contributed by atoms with Gasteiger partial charge < -0.3 is 28.8 Å². The highest BCUT2D eigenvalue weighted by molar-refractivity contribution is 5.95. The molecule has 1 amide bonds. The van der Waals surface area contributed by atoms with Crippen LogP contribution in [0.5, 0.6) is 23.0 Å². The molecule has 8 nitrogen and oxygen atoms in total. The number of carbonyl (C=O) groups excluding carboxylic acids is 1. The van der Waals surface area contributed by atoms with Crippen LogP contribution in [0.3, 0.4) is 0 Å². The standard InChI is InChI=1S/C28H31N3O5/c1-19-10-12-21(13-11-19)36-15-7-14-31-23-9-6-5-8-22(23)30-26(31)18-29-28(32)20-16-24(33-2)27(35-4)25(17-20)34-3/h5-6,8-13,16-17H,7,14-15,18H2,1-4H3,(H,29,32). The number of nitrogens with one attached hydrogen (secondary N) is 1. The maximum absolute atomic E-state index is 13.0. The maximum Gasteiger partial charge on any atom is 0.251 e. The smallest absolute Gasteiger partial charge is 0.251 e. The van der Waals surface area contributed by atoms with Gasteiger partial charge in [0.05, 0.1) is 45.5 Å². The van der Waals surface area contributed by atoms with Gasteiger partial charge in [-0.05, 0) is 49.7 Å². The number of aromatic nitrogens is 2. The van der Waals surface area contributed by atoms with Gasteiger partial charge in [0.2, 0.25) is 5.75 Å². The third-order valence-corrected chi connectivity index (χ3v) is 5.88. The molecule has 0 fully saturated rings. The Morgan fingerprint density at radius 2 is 1.64 bits per heavy atom. The molecule has 36 heavy (non-hydrogen) atoms. The van der Waals surface area contributed by atoms with Crippen molar-refractivity contribution in [1.82, 2.24) is 14.9 Å². The van der Waals surface area contributed by atoms with Gasteiger partial charge >= 0.3 is 0 Å². The van der Waals surface area contributed by atoms with Crippen LogP contribution < -0.4 is 24.3 Å². The number of nitrogens with zero attached hydrogens (tertiary/aromatic N) is 2. The molecule has 1 heterocycles. The first-order chi connectivity index (χ1) is 17.5. The van der Waals surface area contributed by atoms with Crippen molar-refractivity contribution < 1.29 is 23.7 Å². The summed E-state index contributed by atoms with van der Waals surface area (Å²) in [5.74, 6) is 2.63. The minimum Gasteiger partial charge on any atom is -0.494 e. The van der Waals surface area contributed by atoms with Crippen LogP contribution in [-0.4, -0.2) is 43.4 Å². The van der Waals surface area contributed by atoms with Crippen LogP contribution in [0.4, 0.5) is 0 Å². The second-order valence-corrected chi connectivity index (χ2v) is 8.28. The van der Waals surface area contributed by atoms with E-state index in [2.05, 4.69) is 16.8 Å². The zero-order valence-corrected chi connectivity index (χ0v) is 21.0. The molecule has 1 N–H and O–H groups in total. The van der Waals surface area contributed by atoms with Gasteiger partial charge in [-0.1, -0.05) is 29.8 Å². The van der Waals surface area contributed by atoms with Crippen molar-refractivity contribution in [2.75, 3.05) is 27.9 Å². The molecule has 0 atom stereocenters. The Hall–Kier alpha value is -4.20. The fourth-order valence-corrected chi connectivity index (χ4v) is 4.03. The molecule has 0 saturated carbocycles. The fraction of sp³-hybridized carbons (Fsp3) is 0.286. The Balaban J connectivity index is 1.46. The van der Waals surface area contributed by atoms with Crippen LogP contribution >= 0.6 is 0 Å². The molecular weight excluding hydrogens is 458 g/mol. The number of hydrogen-bond acceptors (Lipinski definition) is 6. The van der Waals surface area contributed by atoms with Crippen molar-refractivity contribution in [2.45, 2.75) is 26.4 Å². The van der Waals surface area contributed by atoms with Gasteiger partial charge in [-0.25, -0.2) is 4.98 Å². The lowest BCUT2D eigenvalue weighted by Crippen LogP contribution is -2.25. The highest BCUT2D eigenvalue weighted by Gasteiger charge is 2.18. The van der Waals surface area contributed by atoms with Crippen LogP contribution in [-0.2, 0) is 13.1 Å². The van der Waals surface area contributed by atoms with Crippen LogP contribution in [0.2, 0.25) is 0 Å². The molecule has 0 aliphatic heterocycles. The highest BCUT2D eigenvalue weighted by atomic mass is 16.5. The molecule has 3 aromatic carbocycles. The van der Waals surface area contributed by atoms with E-state index >= 15 is 0 Å². The third kappa shape index (κ3) is 5.54. The van der Waals surface area contributed by atoms with Crippen molar-refractivity contribution in [3.63, 3.8) is 0 Å². The number of benzene rings is 3. The molecule has 0 spiro atoms. The van der Waals surface area contributed by atoms with Gasteiger partial charge in [0, 0.05) is 12.1 Å². The summed E-state index contributed by atoms with van der Waals surface area (Å²) in [5.41, 5.74) is 3.50. The lowest BCUT2D eigenvalue weighted by atomic mass is 10.1. The molecule has 0 radical (unpaired) electrons. The molecule has 4 aromatic rings. The molecule has 8 heteroatoms. The van der Waals surface area contributed by atoms with Crippen LogP contribution in [0.15, 0.2) is 60.7 Å². The molecule has 188 valence electrons. The number of methoxy groups -OCH3 is 3. The lowest BCUT2D eigenvalue weighted by Gasteiger charge is -2.14. The molecule has 0 aliphatic rings. The van der Waals surface area contributed by atoms with Gasteiger partial charge in [-0.15, -0.1) is 0 Å². The summed E-state index contributed by atoms with van der Waals surface area (Å²) in [6.07, 6.45) is 0.794. The number of rotatable bonds is 11. The summed E-state index contributed by atoms with van der Waals surface area (Å²) in [6.45, 7) is 3.60. The Labute approximate surface area is 210 Å². The van der Waals surface area contributed by atoms with Gasteiger partial charge in [0.1, 0.15) is 11.6 Å². The number of imidazole rings is 1. The molecule has 0 aliphatic carbocycles.